The summed E-state index contributed by atoms with van der Waals surface area (Å²) >= 11 is 0. The van der Waals surface area contributed by atoms with Gasteiger partial charge >= 0.3 is 0 Å². The van der Waals surface area contributed by atoms with Crippen molar-refractivity contribution in [1.82, 2.24) is 20.3 Å². The van der Waals surface area contributed by atoms with Crippen LogP contribution in [0.15, 0.2) is 59.1 Å². The summed E-state index contributed by atoms with van der Waals surface area (Å²) in [6, 6.07) is 17.0. The lowest BCUT2D eigenvalue weighted by atomic mass is 9.85. The highest BCUT2D eigenvalue weighted by Gasteiger charge is 2.45. The van der Waals surface area contributed by atoms with E-state index in [2.05, 4.69) is 55.2 Å². The van der Waals surface area contributed by atoms with Gasteiger partial charge in [0.25, 0.3) is 11.8 Å². The number of amides is 2. The van der Waals surface area contributed by atoms with Gasteiger partial charge in [0, 0.05) is 48.1 Å². The summed E-state index contributed by atoms with van der Waals surface area (Å²) in [5.41, 5.74) is 6.04. The molecule has 4 aromatic rings. The molecule has 0 bridgehead atoms. The fourth-order valence-electron chi connectivity index (χ4n) is 4.69. The second-order valence-corrected chi connectivity index (χ2v) is 10.4. The molecule has 2 aromatic heterocycles. The van der Waals surface area contributed by atoms with Crippen molar-refractivity contribution in [1.29, 1.82) is 0 Å². The molecule has 36 heavy (non-hydrogen) atoms. The maximum atomic E-state index is 13.7. The van der Waals surface area contributed by atoms with Crippen LogP contribution in [0.3, 0.4) is 0 Å². The van der Waals surface area contributed by atoms with Crippen LogP contribution in [-0.2, 0) is 5.41 Å². The summed E-state index contributed by atoms with van der Waals surface area (Å²) < 4.78 is 5.41. The van der Waals surface area contributed by atoms with Gasteiger partial charge in [-0.1, -0.05) is 50.2 Å². The Morgan fingerprint density at radius 1 is 1.08 bits per heavy atom. The quantitative estimate of drug-likeness (QED) is 0.435. The van der Waals surface area contributed by atoms with Crippen molar-refractivity contribution >= 4 is 17.5 Å². The number of carbonyl (C=O) groups excluding carboxylic acids is 2. The number of fused-ring (bicyclic) bond motifs is 1. The van der Waals surface area contributed by atoms with Crippen LogP contribution in [0.5, 0.6) is 0 Å². The lowest BCUT2D eigenvalue weighted by molar-refractivity contribution is 0.0817. The first-order valence-electron chi connectivity index (χ1n) is 11.8. The number of H-pyrrole nitrogens is 1. The smallest absolute Gasteiger partial charge is 0.280 e. The van der Waals surface area contributed by atoms with Crippen molar-refractivity contribution < 1.29 is 14.1 Å². The number of anilines is 1. The Morgan fingerprint density at radius 2 is 1.78 bits per heavy atom. The monoisotopic (exact) mass is 483 g/mol. The van der Waals surface area contributed by atoms with Gasteiger partial charge in [-0.3, -0.25) is 19.6 Å². The molecule has 1 aliphatic heterocycles. The van der Waals surface area contributed by atoms with Crippen LogP contribution in [0.4, 0.5) is 5.69 Å². The zero-order valence-electron chi connectivity index (χ0n) is 21.3. The second kappa shape index (κ2) is 8.48. The van der Waals surface area contributed by atoms with Crippen molar-refractivity contribution in [2.45, 2.75) is 39.2 Å². The van der Waals surface area contributed by atoms with E-state index in [9.17, 15) is 9.59 Å². The van der Waals surface area contributed by atoms with Crippen molar-refractivity contribution in [3.63, 3.8) is 0 Å². The summed E-state index contributed by atoms with van der Waals surface area (Å²) in [5, 5.41) is 11.5. The second-order valence-electron chi connectivity index (χ2n) is 10.4. The third-order valence-corrected chi connectivity index (χ3v) is 6.56. The summed E-state index contributed by atoms with van der Waals surface area (Å²) in [5.74, 6) is 0.114. The first kappa shape index (κ1) is 23.5. The Balaban J connectivity index is 1.57. The Kier molecular flexibility index (Phi) is 5.54. The first-order valence-corrected chi connectivity index (χ1v) is 11.8. The Morgan fingerprint density at radius 3 is 2.42 bits per heavy atom. The van der Waals surface area contributed by atoms with Gasteiger partial charge in [-0.05, 0) is 42.3 Å². The first-order chi connectivity index (χ1) is 17.1. The summed E-state index contributed by atoms with van der Waals surface area (Å²) in [6.45, 7) is 8.41. The Labute approximate surface area is 209 Å². The minimum absolute atomic E-state index is 0.142. The Bertz CT molecular complexity index is 1460. The van der Waals surface area contributed by atoms with Crippen molar-refractivity contribution in [2.75, 3.05) is 19.0 Å². The number of nitrogens with zero attached hydrogens (tertiary/aromatic N) is 4. The van der Waals surface area contributed by atoms with E-state index in [0.717, 1.165) is 33.6 Å². The molecular formula is C28H29N5O3. The lowest BCUT2D eigenvalue weighted by Gasteiger charge is -2.29. The number of aryl methyl sites for hydroxylation is 1. The molecule has 0 saturated carbocycles. The molecule has 8 nitrogen and oxygen atoms in total. The molecule has 2 aromatic carbocycles. The molecule has 1 unspecified atom stereocenters. The highest BCUT2D eigenvalue weighted by Crippen LogP contribution is 2.45. The number of hydrogen-bond acceptors (Lipinski definition) is 5. The van der Waals surface area contributed by atoms with Gasteiger partial charge in [0.15, 0.2) is 17.1 Å². The molecule has 184 valence electrons. The van der Waals surface area contributed by atoms with Gasteiger partial charge in [0.1, 0.15) is 0 Å². The van der Waals surface area contributed by atoms with Crippen LogP contribution < -0.4 is 4.90 Å². The SMILES string of the molecule is Cc1ccccc1C1c2c(n[nH]c2C(C)(C)C)C(=O)N1c1ccc(-c2cc(C(=O)N(C)C)no2)cc1. The number of nitrogens with one attached hydrogen (secondary N) is 1. The lowest BCUT2D eigenvalue weighted by Crippen LogP contribution is -2.30. The highest BCUT2D eigenvalue weighted by molar-refractivity contribution is 6.11. The molecule has 0 fully saturated rings. The number of benzene rings is 2. The normalized spacial score (nSPS) is 15.3. The average Bonchev–Trinajstić information content (AvgIpc) is 3.55. The zero-order valence-corrected chi connectivity index (χ0v) is 21.3. The third kappa shape index (κ3) is 3.79. The highest BCUT2D eigenvalue weighted by atomic mass is 16.5. The van der Waals surface area contributed by atoms with Crippen molar-refractivity contribution in [3.05, 3.63) is 88.4 Å². The van der Waals surface area contributed by atoms with Crippen LogP contribution in [0.1, 0.15) is 70.2 Å². The maximum absolute atomic E-state index is 13.7. The molecule has 1 aliphatic rings. The Hall–Kier alpha value is -4.20. The minimum atomic E-state index is -0.304. The average molecular weight is 484 g/mol. The van der Waals surface area contributed by atoms with E-state index >= 15 is 0 Å². The van der Waals surface area contributed by atoms with Gasteiger partial charge in [-0.25, -0.2) is 0 Å². The molecule has 3 heterocycles. The third-order valence-electron chi connectivity index (χ3n) is 6.56. The van der Waals surface area contributed by atoms with Gasteiger partial charge in [0.2, 0.25) is 0 Å². The standard InChI is InChI=1S/C28H29N5O3/c1-16-9-7-8-10-19(16)24-22-23(29-30-25(22)28(2,3)4)27(35)33(24)18-13-11-17(12-14-18)21-15-20(31-36-21)26(34)32(5)6/h7-15,24H,1-6H3,(H,29,30). The van der Waals surface area contributed by atoms with E-state index in [1.165, 1.54) is 4.90 Å². The molecule has 2 amide bonds. The van der Waals surface area contributed by atoms with Gasteiger partial charge in [-0.15, -0.1) is 0 Å². The fourth-order valence-corrected chi connectivity index (χ4v) is 4.69. The van der Waals surface area contributed by atoms with Crippen LogP contribution >= 0.6 is 0 Å². The number of aromatic amines is 1. The van der Waals surface area contributed by atoms with E-state index in [1.54, 1.807) is 20.2 Å². The molecular weight excluding hydrogens is 454 g/mol. The fraction of sp³-hybridized carbons (Fsp3) is 0.286. The van der Waals surface area contributed by atoms with Crippen LogP contribution in [0, 0.1) is 6.92 Å². The zero-order chi connectivity index (χ0) is 25.8. The summed E-state index contributed by atoms with van der Waals surface area (Å²) in [6.07, 6.45) is 0. The predicted molar refractivity (Wildman–Crippen MR) is 137 cm³/mol. The van der Waals surface area contributed by atoms with Gasteiger partial charge in [-0.2, -0.15) is 5.10 Å². The van der Waals surface area contributed by atoms with Gasteiger partial charge < -0.3 is 9.42 Å². The largest absolute Gasteiger partial charge is 0.355 e. The van der Waals surface area contributed by atoms with Gasteiger partial charge in [0.05, 0.1) is 6.04 Å². The number of hydrogen-bond donors (Lipinski definition) is 1. The molecule has 8 heteroatoms. The molecule has 1 atom stereocenters. The number of rotatable bonds is 4. The maximum Gasteiger partial charge on any atom is 0.280 e. The van der Waals surface area contributed by atoms with E-state index in [1.807, 2.05) is 41.3 Å². The van der Waals surface area contributed by atoms with Crippen LogP contribution in [0.2, 0.25) is 0 Å². The topological polar surface area (TPSA) is 95.3 Å². The summed E-state index contributed by atoms with van der Waals surface area (Å²) in [7, 11) is 3.33. The molecule has 5 rings (SSSR count). The van der Waals surface area contributed by atoms with Crippen molar-refractivity contribution in [2.24, 2.45) is 0 Å². The molecule has 0 saturated heterocycles. The number of aromatic nitrogens is 3. The van der Waals surface area contributed by atoms with E-state index in [4.69, 9.17) is 4.52 Å². The van der Waals surface area contributed by atoms with E-state index < -0.39 is 0 Å². The molecule has 1 N–H and O–H groups in total. The minimum Gasteiger partial charge on any atom is -0.355 e. The van der Waals surface area contributed by atoms with Crippen LogP contribution in [-0.4, -0.2) is 46.2 Å². The van der Waals surface area contributed by atoms with E-state index in [-0.39, 0.29) is 29.0 Å². The molecule has 0 spiro atoms. The number of carbonyl (C=O) groups is 2. The van der Waals surface area contributed by atoms with E-state index in [0.29, 0.717) is 11.5 Å². The van der Waals surface area contributed by atoms with Crippen LogP contribution in [0.25, 0.3) is 11.3 Å². The molecule has 0 aliphatic carbocycles. The van der Waals surface area contributed by atoms with Crippen molar-refractivity contribution in [3.8, 4) is 11.3 Å². The predicted octanol–water partition coefficient (Wildman–Crippen LogP) is 5.12. The summed E-state index contributed by atoms with van der Waals surface area (Å²) in [4.78, 5) is 29.1. The molecule has 0 radical (unpaired) electrons.